The first-order valence-corrected chi connectivity index (χ1v) is 12.4. The lowest BCUT2D eigenvalue weighted by Gasteiger charge is -2.54. The molecule has 4 saturated carbocycles. The topological polar surface area (TPSA) is 93.3 Å². The Kier molecular flexibility index (Phi) is 6.19. The van der Waals surface area contributed by atoms with E-state index in [0.29, 0.717) is 36.6 Å². The van der Waals surface area contributed by atoms with Gasteiger partial charge in [-0.05, 0) is 80.8 Å². The molecule has 2 aromatic rings. The summed E-state index contributed by atoms with van der Waals surface area (Å²) in [6, 6.07) is 3.70. The van der Waals surface area contributed by atoms with Crippen LogP contribution in [0.3, 0.4) is 0 Å². The van der Waals surface area contributed by atoms with E-state index in [4.69, 9.17) is 4.42 Å². The molecule has 2 amide bonds. The Labute approximate surface area is 199 Å². The molecule has 0 aromatic carbocycles. The first-order chi connectivity index (χ1) is 16.4. The van der Waals surface area contributed by atoms with Crippen molar-refractivity contribution in [2.75, 3.05) is 13.1 Å². The molecule has 0 spiro atoms. The lowest BCUT2D eigenvalue weighted by Crippen LogP contribution is -2.49. The molecule has 2 aromatic heterocycles. The molecule has 0 radical (unpaired) electrons. The van der Waals surface area contributed by atoms with E-state index in [-0.39, 0.29) is 17.7 Å². The van der Waals surface area contributed by atoms with Crippen LogP contribution >= 0.6 is 0 Å². The first-order valence-electron chi connectivity index (χ1n) is 12.4. The quantitative estimate of drug-likeness (QED) is 0.586. The monoisotopic (exact) mass is 463 g/mol. The standard InChI is InChI=1S/C27H33N3O4/c1-3-6-28-26(32)23-14-30(13-21-5-4-16(2)34-21)15-24(25(23)31)27(33)29-12-22-19-8-17-7-18(10-19)11-20(22)9-17/h3-5,14-15,17-20,22H,1,6-13H2,2H3,(H,28,32)(H,29,33). The van der Waals surface area contributed by atoms with Crippen LogP contribution < -0.4 is 16.1 Å². The number of hydrogen-bond acceptors (Lipinski definition) is 4. The zero-order chi connectivity index (χ0) is 23.8. The number of hydrogen-bond donors (Lipinski definition) is 2. The molecule has 180 valence electrons. The second kappa shape index (κ2) is 9.28. The van der Waals surface area contributed by atoms with Crippen molar-refractivity contribution in [1.29, 1.82) is 0 Å². The fourth-order valence-corrected chi connectivity index (χ4v) is 6.73. The summed E-state index contributed by atoms with van der Waals surface area (Å²) in [5.74, 6) is 4.12. The molecular weight excluding hydrogens is 430 g/mol. The van der Waals surface area contributed by atoms with E-state index in [0.717, 1.165) is 17.6 Å². The summed E-state index contributed by atoms with van der Waals surface area (Å²) in [7, 11) is 0. The van der Waals surface area contributed by atoms with Crippen molar-refractivity contribution < 1.29 is 14.0 Å². The van der Waals surface area contributed by atoms with E-state index in [1.165, 1.54) is 44.5 Å². The normalized spacial score (nSPS) is 26.9. The highest BCUT2D eigenvalue weighted by atomic mass is 16.3. The SMILES string of the molecule is C=CCNC(=O)c1cn(Cc2ccc(C)o2)cc(C(=O)NCC2C3CC4CC(C3)CC2C4)c1=O. The van der Waals surface area contributed by atoms with E-state index in [9.17, 15) is 14.4 Å². The molecule has 7 heteroatoms. The van der Waals surface area contributed by atoms with Gasteiger partial charge < -0.3 is 19.6 Å². The highest BCUT2D eigenvalue weighted by molar-refractivity contribution is 5.99. The Morgan fingerprint density at radius 3 is 2.21 bits per heavy atom. The number of nitrogens with zero attached hydrogens (tertiary/aromatic N) is 1. The maximum absolute atomic E-state index is 13.2. The van der Waals surface area contributed by atoms with E-state index < -0.39 is 17.2 Å². The Hall–Kier alpha value is -3.09. The predicted molar refractivity (Wildman–Crippen MR) is 129 cm³/mol. The molecular formula is C27H33N3O4. The number of rotatable bonds is 8. The Morgan fingerprint density at radius 2 is 1.65 bits per heavy atom. The van der Waals surface area contributed by atoms with Gasteiger partial charge in [0.05, 0.1) is 6.54 Å². The van der Waals surface area contributed by atoms with Gasteiger partial charge in [0, 0.05) is 25.5 Å². The number of pyridine rings is 1. The molecule has 7 nitrogen and oxygen atoms in total. The highest BCUT2D eigenvalue weighted by Crippen LogP contribution is 2.56. The van der Waals surface area contributed by atoms with Crippen LogP contribution in [-0.2, 0) is 6.54 Å². The van der Waals surface area contributed by atoms with Crippen LogP contribution in [0.15, 0.2) is 46.4 Å². The molecule has 2 N–H and O–H groups in total. The fraction of sp³-hybridized carbons (Fsp3) is 0.519. The van der Waals surface area contributed by atoms with Crippen LogP contribution in [0, 0.1) is 36.5 Å². The van der Waals surface area contributed by atoms with Crippen molar-refractivity contribution in [3.8, 4) is 0 Å². The maximum Gasteiger partial charge on any atom is 0.257 e. The Bertz CT molecular complexity index is 1130. The van der Waals surface area contributed by atoms with Crippen LogP contribution in [0.5, 0.6) is 0 Å². The summed E-state index contributed by atoms with van der Waals surface area (Å²) in [4.78, 5) is 39.0. The third kappa shape index (κ3) is 4.48. The van der Waals surface area contributed by atoms with Gasteiger partial charge in [0.2, 0.25) is 5.43 Å². The van der Waals surface area contributed by atoms with Crippen molar-refractivity contribution in [3.05, 3.63) is 70.1 Å². The molecule has 0 saturated heterocycles. The highest BCUT2D eigenvalue weighted by Gasteiger charge is 2.48. The number of amides is 2. The molecule has 4 aliphatic carbocycles. The van der Waals surface area contributed by atoms with Crippen LogP contribution in [0.25, 0.3) is 0 Å². The summed E-state index contributed by atoms with van der Waals surface area (Å²) in [6.07, 6.45) is 11.1. The lowest BCUT2D eigenvalue weighted by atomic mass is 9.52. The fourth-order valence-electron chi connectivity index (χ4n) is 6.73. The van der Waals surface area contributed by atoms with Crippen LogP contribution in [-0.4, -0.2) is 29.5 Å². The third-order valence-electron chi connectivity index (χ3n) is 8.03. The molecule has 0 aliphatic heterocycles. The molecule has 0 unspecified atom stereocenters. The van der Waals surface area contributed by atoms with Crippen molar-refractivity contribution in [2.45, 2.75) is 45.6 Å². The average Bonchev–Trinajstić information content (AvgIpc) is 3.21. The molecule has 6 rings (SSSR count). The van der Waals surface area contributed by atoms with Gasteiger partial charge in [-0.3, -0.25) is 14.4 Å². The van der Waals surface area contributed by atoms with Gasteiger partial charge in [0.25, 0.3) is 11.8 Å². The van der Waals surface area contributed by atoms with Crippen molar-refractivity contribution >= 4 is 11.8 Å². The second-order valence-electron chi connectivity index (χ2n) is 10.4. The number of furan rings is 1. The maximum atomic E-state index is 13.2. The number of nitrogens with one attached hydrogen (secondary N) is 2. The van der Waals surface area contributed by atoms with Crippen molar-refractivity contribution in [3.63, 3.8) is 0 Å². The number of aromatic nitrogens is 1. The Balaban J connectivity index is 1.36. The summed E-state index contributed by atoms with van der Waals surface area (Å²) in [6.45, 7) is 6.59. The van der Waals surface area contributed by atoms with Gasteiger partial charge in [-0.15, -0.1) is 6.58 Å². The summed E-state index contributed by atoms with van der Waals surface area (Å²) in [5.41, 5.74) is -0.637. The summed E-state index contributed by atoms with van der Waals surface area (Å²) >= 11 is 0. The molecule has 4 fully saturated rings. The average molecular weight is 464 g/mol. The number of aryl methyl sites for hydroxylation is 1. The number of carbonyl (C=O) groups excluding carboxylic acids is 2. The minimum absolute atomic E-state index is 0.0154. The molecule has 4 aliphatic rings. The van der Waals surface area contributed by atoms with Crippen molar-refractivity contribution in [2.24, 2.45) is 29.6 Å². The lowest BCUT2D eigenvalue weighted by molar-refractivity contribution is -0.0347. The predicted octanol–water partition coefficient (Wildman–Crippen LogP) is 3.52. The smallest absolute Gasteiger partial charge is 0.257 e. The van der Waals surface area contributed by atoms with Crippen molar-refractivity contribution in [1.82, 2.24) is 15.2 Å². The molecule has 2 heterocycles. The molecule has 34 heavy (non-hydrogen) atoms. The van der Waals surface area contributed by atoms with Gasteiger partial charge in [-0.2, -0.15) is 0 Å². The zero-order valence-corrected chi connectivity index (χ0v) is 19.7. The van der Waals surface area contributed by atoms with Crippen LogP contribution in [0.1, 0.15) is 64.3 Å². The van der Waals surface area contributed by atoms with Crippen LogP contribution in [0.2, 0.25) is 0 Å². The minimum atomic E-state index is -0.559. The second-order valence-corrected chi connectivity index (χ2v) is 10.4. The Morgan fingerprint density at radius 1 is 1.03 bits per heavy atom. The summed E-state index contributed by atoms with van der Waals surface area (Å²) < 4.78 is 7.32. The van der Waals surface area contributed by atoms with Gasteiger partial charge in [0.1, 0.15) is 22.6 Å². The minimum Gasteiger partial charge on any atom is -0.464 e. The van der Waals surface area contributed by atoms with Gasteiger partial charge in [-0.1, -0.05) is 6.08 Å². The van der Waals surface area contributed by atoms with Gasteiger partial charge in [0.15, 0.2) is 0 Å². The van der Waals surface area contributed by atoms with E-state index in [2.05, 4.69) is 17.2 Å². The molecule has 0 atom stereocenters. The first kappa shape index (κ1) is 22.7. The van der Waals surface area contributed by atoms with Gasteiger partial charge >= 0.3 is 0 Å². The summed E-state index contributed by atoms with van der Waals surface area (Å²) in [5, 5.41) is 5.69. The number of carbonyl (C=O) groups is 2. The third-order valence-corrected chi connectivity index (χ3v) is 8.03. The largest absolute Gasteiger partial charge is 0.464 e. The zero-order valence-electron chi connectivity index (χ0n) is 19.7. The van der Waals surface area contributed by atoms with Crippen LogP contribution in [0.4, 0.5) is 0 Å². The van der Waals surface area contributed by atoms with E-state index in [1.54, 1.807) is 10.6 Å². The van der Waals surface area contributed by atoms with E-state index >= 15 is 0 Å². The molecule has 4 bridgehead atoms. The van der Waals surface area contributed by atoms with E-state index in [1.807, 2.05) is 19.1 Å². The van der Waals surface area contributed by atoms with Gasteiger partial charge in [-0.25, -0.2) is 0 Å².